The van der Waals surface area contributed by atoms with Crippen LogP contribution in [0.5, 0.6) is 0 Å². The number of nitrogens with one attached hydrogen (secondary N) is 2. The lowest BCUT2D eigenvalue weighted by atomic mass is 9.90. The molecule has 3 heterocycles. The maximum atomic E-state index is 12.5. The van der Waals surface area contributed by atoms with Crippen molar-refractivity contribution in [2.75, 3.05) is 20.2 Å². The lowest BCUT2D eigenvalue weighted by Crippen LogP contribution is -2.53. The number of carbonyl (C=O) groups excluding carboxylic acids is 1. The summed E-state index contributed by atoms with van der Waals surface area (Å²) in [6.45, 7) is 0.912. The first-order valence-corrected chi connectivity index (χ1v) is 8.55. The third kappa shape index (κ3) is 3.25. The lowest BCUT2D eigenvalue weighted by molar-refractivity contribution is -0.128. The van der Waals surface area contributed by atoms with Gasteiger partial charge in [-0.3, -0.25) is 4.79 Å². The number of amides is 1. The number of carbonyl (C=O) groups is 1. The first-order chi connectivity index (χ1) is 10.2. The molecule has 1 amide bonds. The van der Waals surface area contributed by atoms with E-state index in [4.69, 9.17) is 0 Å². The van der Waals surface area contributed by atoms with Crippen LogP contribution in [0.15, 0.2) is 0 Å². The molecule has 120 valence electrons. The van der Waals surface area contributed by atoms with E-state index < -0.39 is 0 Å². The van der Waals surface area contributed by atoms with Crippen molar-refractivity contribution >= 4 is 5.91 Å². The second-order valence-electron chi connectivity index (χ2n) is 7.07. The Balaban J connectivity index is 1.55. The molecular formula is C16H29N3O2. The third-order valence-electron chi connectivity index (χ3n) is 5.81. The first kappa shape index (κ1) is 15.3. The van der Waals surface area contributed by atoms with Gasteiger partial charge in [-0.1, -0.05) is 6.42 Å². The summed E-state index contributed by atoms with van der Waals surface area (Å²) in [5, 5.41) is 16.2. The fourth-order valence-electron chi connectivity index (χ4n) is 4.45. The molecule has 3 fully saturated rings. The number of piperidine rings is 2. The van der Waals surface area contributed by atoms with Gasteiger partial charge in [0, 0.05) is 24.2 Å². The Morgan fingerprint density at radius 2 is 2.00 bits per heavy atom. The highest BCUT2D eigenvalue weighted by Gasteiger charge is 2.39. The second kappa shape index (κ2) is 6.63. The zero-order valence-electron chi connectivity index (χ0n) is 13.1. The SMILES string of the molecule is CN1C2CCC1CC(NC(=O)C(CO)C1CCCCN1)C2. The van der Waals surface area contributed by atoms with Gasteiger partial charge in [0.15, 0.2) is 0 Å². The van der Waals surface area contributed by atoms with E-state index in [1.165, 1.54) is 19.3 Å². The number of rotatable bonds is 4. The van der Waals surface area contributed by atoms with Crippen LogP contribution >= 0.6 is 0 Å². The highest BCUT2D eigenvalue weighted by molar-refractivity contribution is 5.79. The summed E-state index contributed by atoms with van der Waals surface area (Å²) in [5.74, 6) is -0.242. The van der Waals surface area contributed by atoms with Crippen molar-refractivity contribution in [1.82, 2.24) is 15.5 Å². The van der Waals surface area contributed by atoms with Crippen LogP contribution in [0.4, 0.5) is 0 Å². The molecule has 3 N–H and O–H groups in total. The molecule has 0 aromatic carbocycles. The maximum absolute atomic E-state index is 12.5. The molecule has 3 aliphatic rings. The Morgan fingerprint density at radius 1 is 1.29 bits per heavy atom. The smallest absolute Gasteiger partial charge is 0.227 e. The van der Waals surface area contributed by atoms with Gasteiger partial charge < -0.3 is 20.6 Å². The largest absolute Gasteiger partial charge is 0.395 e. The van der Waals surface area contributed by atoms with Crippen molar-refractivity contribution < 1.29 is 9.90 Å². The van der Waals surface area contributed by atoms with Gasteiger partial charge in [-0.15, -0.1) is 0 Å². The molecule has 0 aromatic rings. The summed E-state index contributed by atoms with van der Waals surface area (Å²) >= 11 is 0. The van der Waals surface area contributed by atoms with Gasteiger partial charge in [-0.05, 0) is 52.1 Å². The molecule has 0 saturated carbocycles. The van der Waals surface area contributed by atoms with Crippen LogP contribution in [-0.4, -0.2) is 60.3 Å². The molecule has 3 saturated heterocycles. The van der Waals surface area contributed by atoms with Crippen molar-refractivity contribution in [2.45, 2.75) is 69.1 Å². The second-order valence-corrected chi connectivity index (χ2v) is 7.07. The zero-order valence-corrected chi connectivity index (χ0v) is 13.1. The average Bonchev–Trinajstić information content (AvgIpc) is 2.72. The summed E-state index contributed by atoms with van der Waals surface area (Å²) in [4.78, 5) is 15.0. The van der Waals surface area contributed by atoms with Crippen LogP contribution in [0.25, 0.3) is 0 Å². The Morgan fingerprint density at radius 3 is 2.57 bits per heavy atom. The van der Waals surface area contributed by atoms with Gasteiger partial charge in [0.1, 0.15) is 0 Å². The van der Waals surface area contributed by atoms with Gasteiger partial charge in [0.25, 0.3) is 0 Å². The molecule has 0 aromatic heterocycles. The van der Waals surface area contributed by atoms with Gasteiger partial charge >= 0.3 is 0 Å². The van der Waals surface area contributed by atoms with Crippen molar-refractivity contribution in [3.8, 4) is 0 Å². The minimum atomic E-state index is -0.289. The number of hydrogen-bond donors (Lipinski definition) is 3. The van der Waals surface area contributed by atoms with E-state index in [1.54, 1.807) is 0 Å². The van der Waals surface area contributed by atoms with Crippen LogP contribution in [-0.2, 0) is 4.79 Å². The van der Waals surface area contributed by atoms with Gasteiger partial charge in [-0.2, -0.15) is 0 Å². The summed E-state index contributed by atoms with van der Waals surface area (Å²) in [7, 11) is 2.21. The summed E-state index contributed by atoms with van der Waals surface area (Å²) in [5.41, 5.74) is 0. The summed E-state index contributed by atoms with van der Waals surface area (Å²) in [6.07, 6.45) is 7.98. The average molecular weight is 295 g/mol. The molecule has 3 aliphatic heterocycles. The van der Waals surface area contributed by atoms with Crippen LogP contribution in [0.1, 0.15) is 44.9 Å². The zero-order chi connectivity index (χ0) is 14.8. The lowest BCUT2D eigenvalue weighted by Gasteiger charge is -2.38. The summed E-state index contributed by atoms with van der Waals surface area (Å²) in [6, 6.07) is 1.71. The predicted molar refractivity (Wildman–Crippen MR) is 82.0 cm³/mol. The van der Waals surface area contributed by atoms with Crippen LogP contribution < -0.4 is 10.6 Å². The monoisotopic (exact) mass is 295 g/mol. The van der Waals surface area contributed by atoms with E-state index in [2.05, 4.69) is 22.6 Å². The minimum absolute atomic E-state index is 0.0471. The molecule has 4 unspecified atom stereocenters. The maximum Gasteiger partial charge on any atom is 0.227 e. The predicted octanol–water partition coefficient (Wildman–Crippen LogP) is 0.478. The van der Waals surface area contributed by atoms with E-state index in [0.29, 0.717) is 18.1 Å². The van der Waals surface area contributed by atoms with Crippen molar-refractivity contribution in [3.05, 3.63) is 0 Å². The molecule has 21 heavy (non-hydrogen) atoms. The fraction of sp³-hybridized carbons (Fsp3) is 0.938. The highest BCUT2D eigenvalue weighted by Crippen LogP contribution is 2.34. The molecule has 0 aliphatic carbocycles. The Labute approximate surface area is 127 Å². The molecule has 3 rings (SSSR count). The molecule has 5 heteroatoms. The Bertz CT molecular complexity index is 357. The molecular weight excluding hydrogens is 266 g/mol. The van der Waals surface area contributed by atoms with Crippen LogP contribution in [0.3, 0.4) is 0 Å². The van der Waals surface area contributed by atoms with Crippen molar-refractivity contribution in [3.63, 3.8) is 0 Å². The minimum Gasteiger partial charge on any atom is -0.395 e. The van der Waals surface area contributed by atoms with Gasteiger partial charge in [0.2, 0.25) is 5.91 Å². The van der Waals surface area contributed by atoms with Crippen LogP contribution in [0, 0.1) is 5.92 Å². The highest BCUT2D eigenvalue weighted by atomic mass is 16.3. The van der Waals surface area contributed by atoms with Gasteiger partial charge in [-0.25, -0.2) is 0 Å². The van der Waals surface area contributed by atoms with E-state index in [0.717, 1.165) is 32.2 Å². The first-order valence-electron chi connectivity index (χ1n) is 8.55. The van der Waals surface area contributed by atoms with Crippen LogP contribution in [0.2, 0.25) is 0 Å². The fourth-order valence-corrected chi connectivity index (χ4v) is 4.45. The van der Waals surface area contributed by atoms with E-state index in [-0.39, 0.29) is 24.5 Å². The number of nitrogens with zero attached hydrogens (tertiary/aromatic N) is 1. The quantitative estimate of drug-likeness (QED) is 0.706. The molecule has 0 spiro atoms. The molecule has 2 bridgehead atoms. The Hall–Kier alpha value is -0.650. The third-order valence-corrected chi connectivity index (χ3v) is 5.81. The van der Waals surface area contributed by atoms with Crippen molar-refractivity contribution in [1.29, 1.82) is 0 Å². The normalized spacial score (nSPS) is 38.2. The standard InChI is InChI=1S/C16H29N3O2/c1-19-12-5-6-13(19)9-11(8-12)18-16(21)14(10-20)15-4-2-3-7-17-15/h11-15,17,20H,2-10H2,1H3,(H,18,21). The topological polar surface area (TPSA) is 64.6 Å². The summed E-state index contributed by atoms with van der Waals surface area (Å²) < 4.78 is 0. The molecule has 4 atom stereocenters. The number of aliphatic hydroxyl groups excluding tert-OH is 1. The number of hydrogen-bond acceptors (Lipinski definition) is 4. The Kier molecular flexibility index (Phi) is 4.82. The number of aliphatic hydroxyl groups is 1. The number of fused-ring (bicyclic) bond motifs is 2. The molecule has 5 nitrogen and oxygen atoms in total. The van der Waals surface area contributed by atoms with E-state index in [9.17, 15) is 9.90 Å². The van der Waals surface area contributed by atoms with Gasteiger partial charge in [0.05, 0.1) is 12.5 Å². The van der Waals surface area contributed by atoms with E-state index in [1.807, 2.05) is 0 Å². The van der Waals surface area contributed by atoms with Crippen molar-refractivity contribution in [2.24, 2.45) is 5.92 Å². The molecule has 0 radical (unpaired) electrons. The van der Waals surface area contributed by atoms with E-state index >= 15 is 0 Å².